The number of halogens is 1. The molecule has 0 atom stereocenters. The predicted octanol–water partition coefficient (Wildman–Crippen LogP) is 2.47. The summed E-state index contributed by atoms with van der Waals surface area (Å²) < 4.78 is 5.01. The fourth-order valence-corrected chi connectivity index (χ4v) is 1.25. The third-order valence-corrected chi connectivity index (χ3v) is 2.13. The highest BCUT2D eigenvalue weighted by atomic mass is 79.9. The van der Waals surface area contributed by atoms with Crippen LogP contribution >= 0.6 is 15.9 Å². The lowest BCUT2D eigenvalue weighted by atomic mass is 10.3. The molecule has 4 heteroatoms. The number of rotatable bonds is 4. The second-order valence-corrected chi connectivity index (χ2v) is 3.51. The molecule has 1 aromatic rings. The fourth-order valence-electron chi connectivity index (χ4n) is 0.989. The van der Waals surface area contributed by atoms with Crippen LogP contribution in [-0.4, -0.2) is 17.4 Å². The lowest BCUT2D eigenvalue weighted by Gasteiger charge is -2.03. The Labute approximate surface area is 92.1 Å². The Bertz CT molecular complexity index is 326. The monoisotopic (exact) mass is 256 g/mol. The summed E-state index contributed by atoms with van der Waals surface area (Å²) >= 11 is 3.35. The highest BCUT2D eigenvalue weighted by molar-refractivity contribution is 9.09. The smallest absolute Gasteiger partial charge is 0.237 e. The molecule has 0 aliphatic rings. The Kier molecular flexibility index (Phi) is 4.46. The number of nitrogens with two attached hydrogens (primary N) is 1. The van der Waals surface area contributed by atoms with Gasteiger partial charge in [-0.25, -0.2) is 4.98 Å². The molecule has 1 heterocycles. The molecule has 0 aliphatic carbocycles. The van der Waals surface area contributed by atoms with E-state index >= 15 is 0 Å². The van der Waals surface area contributed by atoms with Crippen LogP contribution in [-0.2, 0) is 0 Å². The first kappa shape index (κ1) is 11.0. The van der Waals surface area contributed by atoms with E-state index in [2.05, 4.69) is 20.9 Å². The number of aromatic nitrogens is 1. The Morgan fingerprint density at radius 1 is 1.57 bits per heavy atom. The first-order chi connectivity index (χ1) is 6.77. The molecule has 0 saturated heterocycles. The van der Waals surface area contributed by atoms with Gasteiger partial charge in [-0.3, -0.25) is 0 Å². The van der Waals surface area contributed by atoms with E-state index in [1.54, 1.807) is 13.2 Å². The maximum absolute atomic E-state index is 5.64. The molecule has 1 aromatic heterocycles. The van der Waals surface area contributed by atoms with E-state index in [1.807, 2.05) is 18.2 Å². The Morgan fingerprint density at radius 2 is 2.36 bits per heavy atom. The SMILES string of the molecule is COc1nc(C=CCCBr)ccc1N. The second kappa shape index (κ2) is 5.65. The zero-order valence-electron chi connectivity index (χ0n) is 8.03. The van der Waals surface area contributed by atoms with Crippen LogP contribution < -0.4 is 10.5 Å². The first-order valence-corrected chi connectivity index (χ1v) is 5.43. The summed E-state index contributed by atoms with van der Waals surface area (Å²) in [5, 5.41) is 0.954. The number of nitrogens with zero attached hydrogens (tertiary/aromatic N) is 1. The van der Waals surface area contributed by atoms with Crippen LogP contribution in [0.25, 0.3) is 6.08 Å². The van der Waals surface area contributed by atoms with Crippen molar-refractivity contribution in [2.45, 2.75) is 6.42 Å². The number of alkyl halides is 1. The predicted molar refractivity (Wildman–Crippen MR) is 62.6 cm³/mol. The van der Waals surface area contributed by atoms with E-state index in [9.17, 15) is 0 Å². The molecular weight excluding hydrogens is 244 g/mol. The van der Waals surface area contributed by atoms with Gasteiger partial charge in [0.15, 0.2) is 0 Å². The molecule has 0 fully saturated rings. The Morgan fingerprint density at radius 3 is 3.00 bits per heavy atom. The first-order valence-electron chi connectivity index (χ1n) is 4.31. The molecule has 2 N–H and O–H groups in total. The lowest BCUT2D eigenvalue weighted by molar-refractivity contribution is 0.400. The van der Waals surface area contributed by atoms with E-state index in [4.69, 9.17) is 10.5 Å². The number of nitrogen functional groups attached to an aromatic ring is 1. The normalized spacial score (nSPS) is 10.7. The number of pyridine rings is 1. The van der Waals surface area contributed by atoms with Crippen LogP contribution in [0.4, 0.5) is 5.69 Å². The van der Waals surface area contributed by atoms with Gasteiger partial charge in [-0.15, -0.1) is 0 Å². The molecule has 0 aliphatic heterocycles. The van der Waals surface area contributed by atoms with Crippen molar-refractivity contribution in [1.29, 1.82) is 0 Å². The zero-order chi connectivity index (χ0) is 10.4. The van der Waals surface area contributed by atoms with Crippen LogP contribution in [0.15, 0.2) is 18.2 Å². The summed E-state index contributed by atoms with van der Waals surface area (Å²) in [4.78, 5) is 4.21. The van der Waals surface area contributed by atoms with Gasteiger partial charge in [-0.05, 0) is 24.6 Å². The number of ether oxygens (including phenoxy) is 1. The van der Waals surface area contributed by atoms with Crippen molar-refractivity contribution in [3.63, 3.8) is 0 Å². The zero-order valence-corrected chi connectivity index (χ0v) is 9.62. The van der Waals surface area contributed by atoms with Crippen molar-refractivity contribution in [2.24, 2.45) is 0 Å². The van der Waals surface area contributed by atoms with Gasteiger partial charge in [0, 0.05) is 5.33 Å². The van der Waals surface area contributed by atoms with Crippen molar-refractivity contribution in [3.05, 3.63) is 23.9 Å². The van der Waals surface area contributed by atoms with Gasteiger partial charge >= 0.3 is 0 Å². The minimum atomic E-state index is 0.478. The maximum atomic E-state index is 5.64. The Hall–Kier alpha value is -1.03. The average Bonchev–Trinajstić information content (AvgIpc) is 2.21. The summed E-state index contributed by atoms with van der Waals surface area (Å²) in [6.45, 7) is 0. The molecule has 0 unspecified atom stereocenters. The molecule has 0 aromatic carbocycles. The van der Waals surface area contributed by atoms with Crippen LogP contribution in [0.3, 0.4) is 0 Å². The van der Waals surface area contributed by atoms with Gasteiger partial charge in [0.1, 0.15) is 0 Å². The number of methoxy groups -OCH3 is 1. The van der Waals surface area contributed by atoms with Crippen LogP contribution in [0.2, 0.25) is 0 Å². The van der Waals surface area contributed by atoms with E-state index in [1.165, 1.54) is 0 Å². The van der Waals surface area contributed by atoms with Crippen molar-refractivity contribution in [1.82, 2.24) is 4.98 Å². The Balaban J connectivity index is 2.79. The van der Waals surface area contributed by atoms with Crippen molar-refractivity contribution in [3.8, 4) is 5.88 Å². The topological polar surface area (TPSA) is 48.1 Å². The molecule has 3 nitrogen and oxygen atoms in total. The number of allylic oxidation sites excluding steroid dienone is 1. The minimum Gasteiger partial charge on any atom is -0.480 e. The van der Waals surface area contributed by atoms with E-state index in [-0.39, 0.29) is 0 Å². The van der Waals surface area contributed by atoms with E-state index in [0.29, 0.717) is 11.6 Å². The third-order valence-electron chi connectivity index (χ3n) is 1.67. The number of anilines is 1. The third kappa shape index (κ3) is 3.03. The molecule has 0 bridgehead atoms. The summed E-state index contributed by atoms with van der Waals surface area (Å²) in [5.41, 5.74) is 7.05. The molecule has 76 valence electrons. The van der Waals surface area contributed by atoms with E-state index in [0.717, 1.165) is 17.4 Å². The minimum absolute atomic E-state index is 0.478. The van der Waals surface area contributed by atoms with Crippen molar-refractivity contribution < 1.29 is 4.74 Å². The van der Waals surface area contributed by atoms with Gasteiger partial charge in [0.2, 0.25) is 5.88 Å². The molecule has 14 heavy (non-hydrogen) atoms. The molecule has 0 radical (unpaired) electrons. The standard InChI is InChI=1S/C10H13BrN2O/c1-14-10-9(12)6-5-8(13-10)4-2-3-7-11/h2,4-6H,3,7,12H2,1H3. The molecular formula is C10H13BrN2O. The van der Waals surface area contributed by atoms with Crippen molar-refractivity contribution in [2.75, 3.05) is 18.2 Å². The number of hydrogen-bond donors (Lipinski definition) is 1. The van der Waals surface area contributed by atoms with Crippen LogP contribution in [0, 0.1) is 0 Å². The molecule has 1 rings (SSSR count). The molecule has 0 saturated carbocycles. The average molecular weight is 257 g/mol. The van der Waals surface area contributed by atoms with E-state index < -0.39 is 0 Å². The van der Waals surface area contributed by atoms with Crippen LogP contribution in [0.5, 0.6) is 5.88 Å². The highest BCUT2D eigenvalue weighted by Gasteiger charge is 1.99. The van der Waals surface area contributed by atoms with Crippen molar-refractivity contribution >= 4 is 27.7 Å². The van der Waals surface area contributed by atoms with Gasteiger partial charge in [0.05, 0.1) is 18.5 Å². The maximum Gasteiger partial charge on any atom is 0.237 e. The quantitative estimate of drug-likeness (QED) is 0.843. The second-order valence-electron chi connectivity index (χ2n) is 2.71. The highest BCUT2D eigenvalue weighted by Crippen LogP contribution is 2.18. The summed E-state index contributed by atoms with van der Waals surface area (Å²) in [6.07, 6.45) is 4.98. The lowest BCUT2D eigenvalue weighted by Crippen LogP contribution is -1.96. The summed E-state index contributed by atoms with van der Waals surface area (Å²) in [5.74, 6) is 0.478. The number of hydrogen-bond acceptors (Lipinski definition) is 3. The summed E-state index contributed by atoms with van der Waals surface area (Å²) in [6, 6.07) is 3.65. The fraction of sp³-hybridized carbons (Fsp3) is 0.300. The molecule has 0 amide bonds. The van der Waals surface area contributed by atoms with Gasteiger partial charge in [-0.1, -0.05) is 22.0 Å². The van der Waals surface area contributed by atoms with Gasteiger partial charge < -0.3 is 10.5 Å². The van der Waals surface area contributed by atoms with Gasteiger partial charge in [-0.2, -0.15) is 0 Å². The molecule has 0 spiro atoms. The van der Waals surface area contributed by atoms with Gasteiger partial charge in [0.25, 0.3) is 0 Å². The summed E-state index contributed by atoms with van der Waals surface area (Å²) in [7, 11) is 1.56. The largest absolute Gasteiger partial charge is 0.480 e. The van der Waals surface area contributed by atoms with Crippen LogP contribution in [0.1, 0.15) is 12.1 Å².